The van der Waals surface area contributed by atoms with E-state index in [1.165, 1.54) is 11.8 Å². The van der Waals surface area contributed by atoms with Crippen molar-refractivity contribution in [3.05, 3.63) is 29.8 Å². The summed E-state index contributed by atoms with van der Waals surface area (Å²) in [6.07, 6.45) is 2.42. The van der Waals surface area contributed by atoms with E-state index in [9.17, 15) is 28.8 Å². The van der Waals surface area contributed by atoms with Gasteiger partial charge in [-0.1, -0.05) is 44.9 Å². The zero-order valence-corrected chi connectivity index (χ0v) is 24.2. The fraction of sp³-hybridized carbons (Fsp3) is 0.586. The highest BCUT2D eigenvalue weighted by molar-refractivity contribution is 6.03. The fourth-order valence-electron chi connectivity index (χ4n) is 4.39. The lowest BCUT2D eigenvalue weighted by Crippen LogP contribution is -2.55. The van der Waals surface area contributed by atoms with Crippen molar-refractivity contribution in [1.82, 2.24) is 20.9 Å². The summed E-state index contributed by atoms with van der Waals surface area (Å²) in [7, 11) is 0. The van der Waals surface area contributed by atoms with Crippen molar-refractivity contribution >= 4 is 41.1 Å². The van der Waals surface area contributed by atoms with Crippen LogP contribution in [0.15, 0.2) is 24.3 Å². The first-order chi connectivity index (χ1) is 18.9. The molecule has 6 amide bonds. The number of carbonyl (C=O) groups is 6. The molecule has 1 aromatic rings. The molecule has 1 saturated heterocycles. The molecule has 220 valence electrons. The standard InChI is InChI=1S/C29H43N5O6/c1-18(2)26(33-24(36)9-7-6-8-16-34-25(37)17-20(4)29(34)40)28(39)32-23(14-15-30-21(5)35)27(38)31-22-12-10-19(3)11-13-22/h10-13,18,20,23,26H,6-9,14-17H2,1-5H3,(H,30,35)(H,31,38)(H,32,39)(H,33,36). The molecule has 11 nitrogen and oxygen atoms in total. The molecule has 0 aliphatic carbocycles. The second kappa shape index (κ2) is 15.7. The van der Waals surface area contributed by atoms with E-state index in [-0.39, 0.29) is 61.3 Å². The van der Waals surface area contributed by atoms with E-state index in [4.69, 9.17) is 0 Å². The number of nitrogens with zero attached hydrogens (tertiary/aromatic N) is 1. The lowest BCUT2D eigenvalue weighted by molar-refractivity contribution is -0.139. The summed E-state index contributed by atoms with van der Waals surface area (Å²) < 4.78 is 0. The molecule has 2 rings (SSSR count). The van der Waals surface area contributed by atoms with Gasteiger partial charge in [0, 0.05) is 44.5 Å². The summed E-state index contributed by atoms with van der Waals surface area (Å²) in [5, 5.41) is 10.9. The molecule has 1 heterocycles. The minimum atomic E-state index is -0.933. The van der Waals surface area contributed by atoms with E-state index >= 15 is 0 Å². The first-order valence-electron chi connectivity index (χ1n) is 13.9. The van der Waals surface area contributed by atoms with E-state index in [0.717, 1.165) is 5.56 Å². The molecule has 3 atom stereocenters. The highest BCUT2D eigenvalue weighted by Gasteiger charge is 2.34. The minimum Gasteiger partial charge on any atom is -0.356 e. The Hall–Kier alpha value is -3.76. The average molecular weight is 558 g/mol. The maximum atomic E-state index is 13.2. The van der Waals surface area contributed by atoms with E-state index < -0.39 is 23.9 Å². The molecule has 0 saturated carbocycles. The van der Waals surface area contributed by atoms with Crippen molar-refractivity contribution in [2.45, 2.75) is 85.2 Å². The van der Waals surface area contributed by atoms with Crippen LogP contribution in [0.2, 0.25) is 0 Å². The molecule has 0 bridgehead atoms. The average Bonchev–Trinajstić information content (AvgIpc) is 3.12. The number of likely N-dealkylation sites (tertiary alicyclic amines) is 1. The van der Waals surface area contributed by atoms with Gasteiger partial charge in [-0.15, -0.1) is 0 Å². The van der Waals surface area contributed by atoms with Gasteiger partial charge in [-0.3, -0.25) is 33.7 Å². The highest BCUT2D eigenvalue weighted by Crippen LogP contribution is 2.19. The van der Waals surface area contributed by atoms with E-state index in [0.29, 0.717) is 31.5 Å². The van der Waals surface area contributed by atoms with Gasteiger partial charge in [0.05, 0.1) is 0 Å². The van der Waals surface area contributed by atoms with Crippen LogP contribution in [-0.2, 0) is 28.8 Å². The third-order valence-corrected chi connectivity index (χ3v) is 6.78. The highest BCUT2D eigenvalue weighted by atomic mass is 16.2. The smallest absolute Gasteiger partial charge is 0.247 e. The number of anilines is 1. The van der Waals surface area contributed by atoms with Gasteiger partial charge >= 0.3 is 0 Å². The number of hydrogen-bond donors (Lipinski definition) is 4. The Kier molecular flexibility index (Phi) is 12.8. The normalized spacial score (nSPS) is 16.4. The van der Waals surface area contributed by atoms with Crippen molar-refractivity contribution < 1.29 is 28.8 Å². The number of rotatable bonds is 15. The van der Waals surface area contributed by atoms with Gasteiger partial charge in [0.2, 0.25) is 35.4 Å². The van der Waals surface area contributed by atoms with Crippen molar-refractivity contribution in [2.24, 2.45) is 11.8 Å². The van der Waals surface area contributed by atoms with Gasteiger partial charge in [-0.05, 0) is 44.2 Å². The summed E-state index contributed by atoms with van der Waals surface area (Å²) in [4.78, 5) is 75.3. The molecule has 0 radical (unpaired) electrons. The molecule has 1 aliphatic rings. The summed E-state index contributed by atoms with van der Waals surface area (Å²) >= 11 is 0. The SMILES string of the molecule is CC(=O)NCCC(NC(=O)C(NC(=O)CCCCCN1C(=O)CC(C)C1=O)C(C)C)C(=O)Nc1ccc(C)cc1. The lowest BCUT2D eigenvalue weighted by atomic mass is 10.0. The zero-order chi connectivity index (χ0) is 29.8. The number of nitrogens with one attached hydrogen (secondary N) is 4. The number of benzene rings is 1. The van der Waals surface area contributed by atoms with Crippen molar-refractivity contribution in [3.63, 3.8) is 0 Å². The molecule has 0 aromatic heterocycles. The molecular weight excluding hydrogens is 514 g/mol. The number of carbonyl (C=O) groups excluding carboxylic acids is 6. The Morgan fingerprint density at radius 2 is 1.65 bits per heavy atom. The van der Waals surface area contributed by atoms with E-state index in [1.54, 1.807) is 32.9 Å². The van der Waals surface area contributed by atoms with Crippen LogP contribution in [0.3, 0.4) is 0 Å². The number of amides is 6. The summed E-state index contributed by atoms with van der Waals surface area (Å²) in [6.45, 7) is 9.19. The maximum Gasteiger partial charge on any atom is 0.247 e. The van der Waals surface area contributed by atoms with Gasteiger partial charge in [0.1, 0.15) is 12.1 Å². The predicted molar refractivity (Wildman–Crippen MR) is 151 cm³/mol. The van der Waals surface area contributed by atoms with Crippen LogP contribution < -0.4 is 21.3 Å². The first kappa shape index (κ1) is 32.5. The molecule has 0 spiro atoms. The van der Waals surface area contributed by atoms with Gasteiger partial charge in [0.15, 0.2) is 0 Å². The summed E-state index contributed by atoms with van der Waals surface area (Å²) in [5.41, 5.74) is 1.62. The van der Waals surface area contributed by atoms with Crippen LogP contribution in [0.25, 0.3) is 0 Å². The Balaban J connectivity index is 1.89. The molecule has 11 heteroatoms. The summed E-state index contributed by atoms with van der Waals surface area (Å²) in [5.74, 6) is -2.26. The fourth-order valence-corrected chi connectivity index (χ4v) is 4.39. The van der Waals surface area contributed by atoms with Crippen LogP contribution in [0.1, 0.15) is 71.8 Å². The minimum absolute atomic E-state index is 0.142. The molecule has 1 aromatic carbocycles. The van der Waals surface area contributed by atoms with Crippen LogP contribution >= 0.6 is 0 Å². The molecular formula is C29H43N5O6. The van der Waals surface area contributed by atoms with Crippen LogP contribution in [0.4, 0.5) is 5.69 Å². The summed E-state index contributed by atoms with van der Waals surface area (Å²) in [6, 6.07) is 5.45. The molecule has 3 unspecified atom stereocenters. The predicted octanol–water partition coefficient (Wildman–Crippen LogP) is 2.04. The Morgan fingerprint density at radius 3 is 2.23 bits per heavy atom. The van der Waals surface area contributed by atoms with E-state index in [1.807, 2.05) is 19.1 Å². The van der Waals surface area contributed by atoms with Gasteiger partial charge in [-0.25, -0.2) is 0 Å². The molecule has 4 N–H and O–H groups in total. The molecule has 1 fully saturated rings. The van der Waals surface area contributed by atoms with Crippen molar-refractivity contribution in [1.29, 1.82) is 0 Å². The van der Waals surface area contributed by atoms with Crippen LogP contribution in [0, 0.1) is 18.8 Å². The third kappa shape index (κ3) is 10.4. The quantitative estimate of drug-likeness (QED) is 0.191. The Labute approximate surface area is 236 Å². The molecule has 40 heavy (non-hydrogen) atoms. The largest absolute Gasteiger partial charge is 0.356 e. The second-order valence-corrected chi connectivity index (χ2v) is 10.8. The maximum absolute atomic E-state index is 13.2. The number of unbranched alkanes of at least 4 members (excludes halogenated alkanes) is 2. The third-order valence-electron chi connectivity index (χ3n) is 6.78. The topological polar surface area (TPSA) is 154 Å². The lowest BCUT2D eigenvalue weighted by Gasteiger charge is -2.25. The van der Waals surface area contributed by atoms with E-state index in [2.05, 4.69) is 21.3 Å². The molecule has 1 aliphatic heterocycles. The number of imide groups is 1. The zero-order valence-electron chi connectivity index (χ0n) is 24.2. The Bertz CT molecular complexity index is 1070. The van der Waals surface area contributed by atoms with Gasteiger partial charge in [-0.2, -0.15) is 0 Å². The Morgan fingerprint density at radius 1 is 0.975 bits per heavy atom. The van der Waals surface area contributed by atoms with Crippen molar-refractivity contribution in [2.75, 3.05) is 18.4 Å². The second-order valence-electron chi connectivity index (χ2n) is 10.8. The van der Waals surface area contributed by atoms with Crippen LogP contribution in [0.5, 0.6) is 0 Å². The van der Waals surface area contributed by atoms with Gasteiger partial charge in [0.25, 0.3) is 0 Å². The number of aryl methyl sites for hydroxylation is 1. The van der Waals surface area contributed by atoms with Crippen LogP contribution in [-0.4, -0.2) is 65.5 Å². The van der Waals surface area contributed by atoms with Gasteiger partial charge < -0.3 is 21.3 Å². The van der Waals surface area contributed by atoms with Crippen molar-refractivity contribution in [3.8, 4) is 0 Å². The number of hydrogen-bond acceptors (Lipinski definition) is 6. The first-order valence-corrected chi connectivity index (χ1v) is 13.9. The monoisotopic (exact) mass is 557 g/mol.